The average Bonchev–Trinajstić information content (AvgIpc) is 2.29. The third-order valence-electron chi connectivity index (χ3n) is 3.37. The van der Waals surface area contributed by atoms with Crippen LogP contribution in [0.3, 0.4) is 0 Å². The average molecular weight is 224 g/mol. The van der Waals surface area contributed by atoms with Crippen molar-refractivity contribution in [1.82, 2.24) is 4.90 Å². The Bertz CT molecular complexity index is 245. The van der Waals surface area contributed by atoms with Gasteiger partial charge in [-0.2, -0.15) is 5.26 Å². The van der Waals surface area contributed by atoms with Gasteiger partial charge >= 0.3 is 0 Å². The van der Waals surface area contributed by atoms with E-state index >= 15 is 0 Å². The first-order chi connectivity index (χ1) is 7.59. The molecule has 1 rings (SSSR count). The second kappa shape index (κ2) is 6.22. The standard InChI is InChI=1S/C13H24N2O/c1-4-12-10-16-9-8-15(12)7-5-6-13(2,3)11-14/h12H,4-10H2,1-3H3. The number of nitriles is 1. The maximum absolute atomic E-state index is 8.95. The Morgan fingerprint density at radius 2 is 2.25 bits per heavy atom. The minimum absolute atomic E-state index is 0.173. The molecule has 0 bridgehead atoms. The number of ether oxygens (including phenoxy) is 1. The third-order valence-corrected chi connectivity index (χ3v) is 3.37. The van der Waals surface area contributed by atoms with E-state index in [1.165, 1.54) is 0 Å². The smallest absolute Gasteiger partial charge is 0.0683 e. The maximum Gasteiger partial charge on any atom is 0.0683 e. The van der Waals surface area contributed by atoms with Crippen LogP contribution in [0.2, 0.25) is 0 Å². The SMILES string of the molecule is CCC1COCCN1CCCC(C)(C)C#N. The largest absolute Gasteiger partial charge is 0.378 e. The number of hydrogen-bond donors (Lipinski definition) is 0. The maximum atomic E-state index is 8.95. The van der Waals surface area contributed by atoms with E-state index in [9.17, 15) is 0 Å². The molecule has 0 saturated carbocycles. The van der Waals surface area contributed by atoms with Crippen LogP contribution in [0.1, 0.15) is 40.0 Å². The van der Waals surface area contributed by atoms with E-state index in [0.717, 1.165) is 45.6 Å². The predicted molar refractivity (Wildman–Crippen MR) is 65.1 cm³/mol. The molecule has 1 fully saturated rings. The van der Waals surface area contributed by atoms with Gasteiger partial charge in [-0.05, 0) is 39.7 Å². The van der Waals surface area contributed by atoms with Crippen LogP contribution in [0.25, 0.3) is 0 Å². The van der Waals surface area contributed by atoms with Crippen molar-refractivity contribution in [2.45, 2.75) is 46.1 Å². The van der Waals surface area contributed by atoms with Gasteiger partial charge in [0, 0.05) is 12.6 Å². The van der Waals surface area contributed by atoms with Crippen LogP contribution >= 0.6 is 0 Å². The lowest BCUT2D eigenvalue weighted by atomic mass is 9.89. The molecule has 0 amide bonds. The van der Waals surface area contributed by atoms with E-state index < -0.39 is 0 Å². The van der Waals surface area contributed by atoms with Gasteiger partial charge in [0.05, 0.1) is 24.7 Å². The molecule has 1 saturated heterocycles. The van der Waals surface area contributed by atoms with E-state index in [4.69, 9.17) is 10.00 Å². The quantitative estimate of drug-likeness (QED) is 0.719. The highest BCUT2D eigenvalue weighted by Crippen LogP contribution is 2.21. The zero-order chi connectivity index (χ0) is 12.0. The summed E-state index contributed by atoms with van der Waals surface area (Å²) in [4.78, 5) is 2.51. The Morgan fingerprint density at radius 3 is 2.88 bits per heavy atom. The van der Waals surface area contributed by atoms with Gasteiger partial charge in [-0.1, -0.05) is 6.92 Å². The summed E-state index contributed by atoms with van der Waals surface area (Å²) in [5.41, 5.74) is -0.173. The molecule has 1 heterocycles. The second-order valence-electron chi connectivity index (χ2n) is 5.27. The summed E-state index contributed by atoms with van der Waals surface area (Å²) < 4.78 is 5.48. The van der Waals surface area contributed by atoms with Gasteiger partial charge in [0.15, 0.2) is 0 Å². The number of morpholine rings is 1. The Balaban J connectivity index is 2.28. The second-order valence-corrected chi connectivity index (χ2v) is 5.27. The summed E-state index contributed by atoms with van der Waals surface area (Å²) in [6.07, 6.45) is 3.25. The normalized spacial score (nSPS) is 23.0. The van der Waals surface area contributed by atoms with E-state index in [1.54, 1.807) is 0 Å². The fourth-order valence-corrected chi connectivity index (χ4v) is 2.14. The molecular formula is C13H24N2O. The van der Waals surface area contributed by atoms with Crippen LogP contribution in [-0.2, 0) is 4.74 Å². The number of rotatable bonds is 5. The first-order valence-electron chi connectivity index (χ1n) is 6.32. The molecule has 1 atom stereocenters. The van der Waals surface area contributed by atoms with Crippen molar-refractivity contribution < 1.29 is 4.74 Å². The third kappa shape index (κ3) is 4.11. The summed E-state index contributed by atoms with van der Waals surface area (Å²) in [5.74, 6) is 0. The van der Waals surface area contributed by atoms with Crippen molar-refractivity contribution in [3.05, 3.63) is 0 Å². The molecule has 3 heteroatoms. The predicted octanol–water partition coefficient (Wildman–Crippen LogP) is 2.43. The summed E-state index contributed by atoms with van der Waals surface area (Å²) >= 11 is 0. The Labute approximate surface area is 99.4 Å². The van der Waals surface area contributed by atoms with Gasteiger partial charge in [0.1, 0.15) is 0 Å². The Hall–Kier alpha value is -0.590. The zero-order valence-corrected chi connectivity index (χ0v) is 10.8. The van der Waals surface area contributed by atoms with Gasteiger partial charge in [-0.25, -0.2) is 0 Å². The van der Waals surface area contributed by atoms with Crippen LogP contribution in [-0.4, -0.2) is 37.2 Å². The van der Waals surface area contributed by atoms with Crippen LogP contribution < -0.4 is 0 Å². The van der Waals surface area contributed by atoms with Crippen molar-refractivity contribution in [3.8, 4) is 6.07 Å². The summed E-state index contributed by atoms with van der Waals surface area (Å²) in [6, 6.07) is 2.94. The van der Waals surface area contributed by atoms with Gasteiger partial charge in [-0.3, -0.25) is 4.90 Å². The zero-order valence-electron chi connectivity index (χ0n) is 10.8. The highest BCUT2D eigenvalue weighted by molar-refractivity contribution is 4.91. The lowest BCUT2D eigenvalue weighted by Crippen LogP contribution is -2.45. The first kappa shape index (κ1) is 13.5. The summed E-state index contributed by atoms with van der Waals surface area (Å²) in [6.45, 7) is 10.1. The van der Waals surface area contributed by atoms with Crippen LogP contribution in [0.15, 0.2) is 0 Å². The molecule has 0 aromatic heterocycles. The fourth-order valence-electron chi connectivity index (χ4n) is 2.14. The summed E-state index contributed by atoms with van der Waals surface area (Å²) in [5, 5.41) is 8.95. The lowest BCUT2D eigenvalue weighted by Gasteiger charge is -2.35. The Kier molecular flexibility index (Phi) is 5.24. The summed E-state index contributed by atoms with van der Waals surface area (Å²) in [7, 11) is 0. The van der Waals surface area contributed by atoms with E-state index in [0.29, 0.717) is 6.04 Å². The molecule has 0 spiro atoms. The van der Waals surface area contributed by atoms with Crippen molar-refractivity contribution in [2.24, 2.45) is 5.41 Å². The molecule has 1 aliphatic heterocycles. The van der Waals surface area contributed by atoms with Gasteiger partial charge < -0.3 is 4.74 Å². The molecule has 16 heavy (non-hydrogen) atoms. The molecule has 0 aliphatic carbocycles. The van der Waals surface area contributed by atoms with Crippen molar-refractivity contribution >= 4 is 0 Å². The van der Waals surface area contributed by atoms with Crippen LogP contribution in [0, 0.1) is 16.7 Å². The molecule has 0 radical (unpaired) electrons. The monoisotopic (exact) mass is 224 g/mol. The molecule has 1 unspecified atom stereocenters. The number of hydrogen-bond acceptors (Lipinski definition) is 3. The molecular weight excluding hydrogens is 200 g/mol. The topological polar surface area (TPSA) is 36.3 Å². The fraction of sp³-hybridized carbons (Fsp3) is 0.923. The van der Waals surface area contributed by atoms with E-state index in [-0.39, 0.29) is 5.41 Å². The lowest BCUT2D eigenvalue weighted by molar-refractivity contribution is -0.00975. The van der Waals surface area contributed by atoms with Crippen molar-refractivity contribution in [1.29, 1.82) is 5.26 Å². The minimum atomic E-state index is -0.173. The van der Waals surface area contributed by atoms with Crippen LogP contribution in [0.5, 0.6) is 0 Å². The van der Waals surface area contributed by atoms with Crippen molar-refractivity contribution in [2.75, 3.05) is 26.3 Å². The highest BCUT2D eigenvalue weighted by Gasteiger charge is 2.22. The van der Waals surface area contributed by atoms with E-state index in [2.05, 4.69) is 17.9 Å². The Morgan fingerprint density at radius 1 is 1.50 bits per heavy atom. The molecule has 0 N–H and O–H groups in total. The molecule has 92 valence electrons. The highest BCUT2D eigenvalue weighted by atomic mass is 16.5. The van der Waals surface area contributed by atoms with Gasteiger partial charge in [-0.15, -0.1) is 0 Å². The molecule has 3 nitrogen and oxygen atoms in total. The minimum Gasteiger partial charge on any atom is -0.378 e. The first-order valence-corrected chi connectivity index (χ1v) is 6.32. The molecule has 0 aromatic carbocycles. The molecule has 1 aliphatic rings. The van der Waals surface area contributed by atoms with Crippen LogP contribution in [0.4, 0.5) is 0 Å². The van der Waals surface area contributed by atoms with Gasteiger partial charge in [0.2, 0.25) is 0 Å². The molecule has 0 aromatic rings. The van der Waals surface area contributed by atoms with Gasteiger partial charge in [0.25, 0.3) is 0 Å². The van der Waals surface area contributed by atoms with Crippen molar-refractivity contribution in [3.63, 3.8) is 0 Å². The van der Waals surface area contributed by atoms with E-state index in [1.807, 2.05) is 13.8 Å². The number of nitrogens with zero attached hydrogens (tertiary/aromatic N) is 2.